The molecule has 0 aliphatic heterocycles. The first kappa shape index (κ1) is 12.9. The predicted molar refractivity (Wildman–Crippen MR) is 78.5 cm³/mol. The molecule has 1 saturated carbocycles. The largest absolute Gasteiger partial charge is 0.397 e. The third-order valence-electron chi connectivity index (χ3n) is 3.48. The van der Waals surface area contributed by atoms with E-state index < -0.39 is 0 Å². The molecule has 2 unspecified atom stereocenters. The number of rotatable bonds is 3. The van der Waals surface area contributed by atoms with E-state index >= 15 is 0 Å². The van der Waals surface area contributed by atoms with Crippen LogP contribution in [0.25, 0.3) is 0 Å². The van der Waals surface area contributed by atoms with E-state index in [4.69, 9.17) is 5.73 Å². The summed E-state index contributed by atoms with van der Waals surface area (Å²) in [7, 11) is 0. The van der Waals surface area contributed by atoms with Gasteiger partial charge >= 0.3 is 0 Å². The fourth-order valence-electron chi connectivity index (χ4n) is 2.48. The second-order valence-electron chi connectivity index (χ2n) is 5.02. The molecule has 2 nitrogen and oxygen atoms in total. The maximum absolute atomic E-state index is 13.4. The maximum atomic E-state index is 13.4. The van der Waals surface area contributed by atoms with E-state index in [0.717, 1.165) is 18.2 Å². The lowest BCUT2D eigenvalue weighted by atomic mass is 10.1. The minimum absolute atomic E-state index is 0.206. The number of benzene rings is 1. The van der Waals surface area contributed by atoms with Gasteiger partial charge in [-0.05, 0) is 53.3 Å². The molecule has 0 heterocycles. The fraction of sp³-hybridized carbons (Fsp3) is 0.538. The highest BCUT2D eigenvalue weighted by atomic mass is 127. The average molecular weight is 348 g/mol. The van der Waals surface area contributed by atoms with Crippen molar-refractivity contribution in [1.29, 1.82) is 0 Å². The van der Waals surface area contributed by atoms with Crippen LogP contribution in [0.5, 0.6) is 0 Å². The predicted octanol–water partition coefficient (Wildman–Crippen LogP) is 3.86. The molecule has 2 rings (SSSR count). The summed E-state index contributed by atoms with van der Waals surface area (Å²) in [6.45, 7) is 3.19. The van der Waals surface area contributed by atoms with Crippen molar-refractivity contribution in [3.8, 4) is 0 Å². The number of nitrogens with two attached hydrogens (primary N) is 1. The molecule has 4 heteroatoms. The van der Waals surface area contributed by atoms with E-state index in [1.165, 1.54) is 25.3 Å². The molecule has 17 heavy (non-hydrogen) atoms. The van der Waals surface area contributed by atoms with Crippen LogP contribution in [0.2, 0.25) is 0 Å². The highest BCUT2D eigenvalue weighted by molar-refractivity contribution is 14.1. The number of hydrogen-bond acceptors (Lipinski definition) is 2. The molecule has 0 aromatic heterocycles. The van der Waals surface area contributed by atoms with Crippen LogP contribution in [0.1, 0.15) is 26.2 Å². The van der Waals surface area contributed by atoms with Crippen LogP contribution in [-0.4, -0.2) is 6.54 Å². The second kappa shape index (κ2) is 5.42. The summed E-state index contributed by atoms with van der Waals surface area (Å²) in [6, 6.07) is 3.17. The number of halogens is 2. The molecule has 0 amide bonds. The highest BCUT2D eigenvalue weighted by Crippen LogP contribution is 2.31. The van der Waals surface area contributed by atoms with Gasteiger partial charge in [0.1, 0.15) is 5.82 Å². The van der Waals surface area contributed by atoms with Gasteiger partial charge in [-0.15, -0.1) is 0 Å². The minimum atomic E-state index is -0.206. The molecular formula is C13H18FIN2. The lowest BCUT2D eigenvalue weighted by molar-refractivity contribution is 0.537. The first-order valence-corrected chi connectivity index (χ1v) is 7.12. The van der Waals surface area contributed by atoms with Gasteiger partial charge < -0.3 is 11.1 Å². The van der Waals surface area contributed by atoms with Crippen LogP contribution in [0.4, 0.5) is 15.8 Å². The van der Waals surface area contributed by atoms with Crippen LogP contribution in [0.3, 0.4) is 0 Å². The smallest absolute Gasteiger partial charge is 0.138 e. The Kier molecular flexibility index (Phi) is 4.12. The van der Waals surface area contributed by atoms with Gasteiger partial charge in [-0.3, -0.25) is 0 Å². The van der Waals surface area contributed by atoms with Crippen molar-refractivity contribution in [1.82, 2.24) is 0 Å². The zero-order valence-electron chi connectivity index (χ0n) is 9.97. The summed E-state index contributed by atoms with van der Waals surface area (Å²) in [5.41, 5.74) is 7.22. The summed E-state index contributed by atoms with van der Waals surface area (Å²) in [4.78, 5) is 0. The lowest BCUT2D eigenvalue weighted by Crippen LogP contribution is -2.13. The van der Waals surface area contributed by atoms with Gasteiger partial charge in [-0.1, -0.05) is 13.3 Å². The third kappa shape index (κ3) is 3.24. The molecule has 3 N–H and O–H groups in total. The van der Waals surface area contributed by atoms with Crippen molar-refractivity contribution >= 4 is 34.0 Å². The molecule has 94 valence electrons. The lowest BCUT2D eigenvalue weighted by Gasteiger charge is -2.14. The quantitative estimate of drug-likeness (QED) is 0.643. The van der Waals surface area contributed by atoms with Gasteiger partial charge in [0.05, 0.1) is 14.9 Å². The zero-order chi connectivity index (χ0) is 12.4. The van der Waals surface area contributed by atoms with Gasteiger partial charge in [0, 0.05) is 12.6 Å². The van der Waals surface area contributed by atoms with Crippen molar-refractivity contribution < 1.29 is 4.39 Å². The van der Waals surface area contributed by atoms with Crippen LogP contribution in [0.15, 0.2) is 12.1 Å². The number of anilines is 2. The van der Waals surface area contributed by atoms with Crippen molar-refractivity contribution in [2.24, 2.45) is 11.8 Å². The molecule has 2 atom stereocenters. The van der Waals surface area contributed by atoms with Crippen molar-refractivity contribution in [2.75, 3.05) is 17.6 Å². The molecule has 0 bridgehead atoms. The Morgan fingerprint density at radius 3 is 2.88 bits per heavy atom. The molecule has 0 spiro atoms. The molecule has 1 aromatic rings. The molecule has 1 aromatic carbocycles. The first-order valence-electron chi connectivity index (χ1n) is 6.04. The number of nitrogen functional groups attached to an aromatic ring is 1. The molecule has 1 fully saturated rings. The van der Waals surface area contributed by atoms with Crippen molar-refractivity contribution in [3.05, 3.63) is 21.5 Å². The Morgan fingerprint density at radius 2 is 2.24 bits per heavy atom. The molecule has 1 aliphatic carbocycles. The summed E-state index contributed by atoms with van der Waals surface area (Å²) in [5, 5.41) is 3.28. The molecule has 0 saturated heterocycles. The number of nitrogens with one attached hydrogen (secondary N) is 1. The van der Waals surface area contributed by atoms with E-state index in [-0.39, 0.29) is 5.82 Å². The molecule has 1 aliphatic rings. The van der Waals surface area contributed by atoms with Gasteiger partial charge in [-0.25, -0.2) is 4.39 Å². The standard InChI is InChI=1S/C13H18FIN2/c1-8-2-3-9(4-8)7-17-13-5-10(14)11(15)6-12(13)16/h5-6,8-9,17H,2-4,7,16H2,1H3. The SMILES string of the molecule is CC1CCC(CNc2cc(F)c(I)cc2N)C1. The molecular weight excluding hydrogens is 330 g/mol. The summed E-state index contributed by atoms with van der Waals surface area (Å²) >= 11 is 1.95. The van der Waals surface area contributed by atoms with Crippen molar-refractivity contribution in [3.63, 3.8) is 0 Å². The second-order valence-corrected chi connectivity index (χ2v) is 6.18. The van der Waals surface area contributed by atoms with Crippen LogP contribution in [-0.2, 0) is 0 Å². The number of hydrogen-bond donors (Lipinski definition) is 2. The van der Waals surface area contributed by atoms with E-state index in [1.54, 1.807) is 6.07 Å². The zero-order valence-corrected chi connectivity index (χ0v) is 12.1. The van der Waals surface area contributed by atoms with E-state index in [9.17, 15) is 4.39 Å². The Bertz CT molecular complexity index is 409. The Balaban J connectivity index is 1.97. The van der Waals surface area contributed by atoms with Gasteiger partial charge in [0.15, 0.2) is 0 Å². The van der Waals surface area contributed by atoms with Crippen LogP contribution >= 0.6 is 22.6 Å². The monoisotopic (exact) mass is 348 g/mol. The van der Waals surface area contributed by atoms with E-state index in [1.807, 2.05) is 22.6 Å². The van der Waals surface area contributed by atoms with Gasteiger partial charge in [-0.2, -0.15) is 0 Å². The minimum Gasteiger partial charge on any atom is -0.397 e. The van der Waals surface area contributed by atoms with Gasteiger partial charge in [0.2, 0.25) is 0 Å². The maximum Gasteiger partial charge on any atom is 0.138 e. The Morgan fingerprint density at radius 1 is 1.47 bits per heavy atom. The Labute approximate surface area is 115 Å². The summed E-state index contributed by atoms with van der Waals surface area (Å²) in [6.07, 6.45) is 3.84. The third-order valence-corrected chi connectivity index (χ3v) is 4.30. The van der Waals surface area contributed by atoms with Crippen LogP contribution in [0, 0.1) is 21.2 Å². The van der Waals surface area contributed by atoms with Crippen molar-refractivity contribution in [2.45, 2.75) is 26.2 Å². The fourth-order valence-corrected chi connectivity index (χ4v) is 2.97. The average Bonchev–Trinajstić information content (AvgIpc) is 2.68. The molecule has 0 radical (unpaired) electrons. The van der Waals surface area contributed by atoms with E-state index in [0.29, 0.717) is 15.2 Å². The van der Waals surface area contributed by atoms with Crippen LogP contribution < -0.4 is 11.1 Å². The highest BCUT2D eigenvalue weighted by Gasteiger charge is 2.21. The first-order chi connectivity index (χ1) is 8.06. The summed E-state index contributed by atoms with van der Waals surface area (Å²) in [5.74, 6) is 1.32. The topological polar surface area (TPSA) is 38.0 Å². The van der Waals surface area contributed by atoms with E-state index in [2.05, 4.69) is 12.2 Å². The normalized spacial score (nSPS) is 23.9. The van der Waals surface area contributed by atoms with Gasteiger partial charge in [0.25, 0.3) is 0 Å². The Hall–Kier alpha value is -0.520. The summed E-state index contributed by atoms with van der Waals surface area (Å²) < 4.78 is 14.0.